The summed E-state index contributed by atoms with van der Waals surface area (Å²) in [6.07, 6.45) is 1.14. The van der Waals surface area contributed by atoms with Gasteiger partial charge in [0.2, 0.25) is 0 Å². The van der Waals surface area contributed by atoms with Gasteiger partial charge in [-0.2, -0.15) is 0 Å². The van der Waals surface area contributed by atoms with Gasteiger partial charge in [-0.15, -0.1) is 0 Å². The number of ether oxygens (including phenoxy) is 2. The first-order valence-corrected chi connectivity index (χ1v) is 6.16. The number of methoxy groups -OCH3 is 2. The lowest BCUT2D eigenvalue weighted by molar-refractivity contribution is -0.140. The molecule has 0 heterocycles. The number of carbonyl (C=O) groups excluding carboxylic acids is 4. The third kappa shape index (κ3) is 96.4. The second-order valence-electron chi connectivity index (χ2n) is 3.59. The van der Waals surface area contributed by atoms with E-state index >= 15 is 0 Å². The minimum Gasteiger partial charge on any atom is -0.469 e. The number of hydrogen-bond donors (Lipinski definition) is 0. The predicted molar refractivity (Wildman–Crippen MR) is 77.3 cm³/mol. The lowest BCUT2D eigenvalue weighted by atomic mass is 10.4. The van der Waals surface area contributed by atoms with Crippen LogP contribution in [0.2, 0.25) is 0 Å². The Morgan fingerprint density at radius 2 is 1.00 bits per heavy atom. The van der Waals surface area contributed by atoms with Crippen molar-refractivity contribution in [1.29, 1.82) is 0 Å². The van der Waals surface area contributed by atoms with Crippen LogP contribution in [0.3, 0.4) is 0 Å². The Labute approximate surface area is 121 Å². The van der Waals surface area contributed by atoms with Crippen LogP contribution < -0.4 is 0 Å². The Kier molecular flexibility index (Phi) is 30.1. The van der Waals surface area contributed by atoms with E-state index in [2.05, 4.69) is 9.47 Å². The Hall–Kier alpha value is -1.72. The van der Waals surface area contributed by atoms with Crippen LogP contribution in [0.25, 0.3) is 0 Å². The molecule has 0 unspecified atom stereocenters. The van der Waals surface area contributed by atoms with Gasteiger partial charge in [0.25, 0.3) is 0 Å². The van der Waals surface area contributed by atoms with E-state index < -0.39 is 0 Å². The van der Waals surface area contributed by atoms with E-state index in [0.717, 1.165) is 0 Å². The molecule has 0 saturated heterocycles. The molecule has 0 aromatic rings. The molecular weight excluding hydrogens is 264 g/mol. The number of esters is 2. The van der Waals surface area contributed by atoms with Crippen LogP contribution in [0.4, 0.5) is 0 Å². The Balaban J connectivity index is -0.0000000862. The van der Waals surface area contributed by atoms with Gasteiger partial charge in [0.1, 0.15) is 11.6 Å². The van der Waals surface area contributed by atoms with E-state index in [1.54, 1.807) is 13.8 Å². The van der Waals surface area contributed by atoms with E-state index in [0.29, 0.717) is 12.8 Å². The maximum absolute atomic E-state index is 9.96. The molecule has 6 heteroatoms. The molecule has 6 nitrogen and oxygen atoms in total. The van der Waals surface area contributed by atoms with Crippen LogP contribution in [-0.2, 0) is 28.7 Å². The minimum absolute atomic E-state index is 0.157. The molecule has 0 aliphatic heterocycles. The number of ketones is 2. The van der Waals surface area contributed by atoms with Gasteiger partial charge in [0.05, 0.1) is 14.2 Å². The summed E-state index contributed by atoms with van der Waals surface area (Å²) in [6.45, 7) is 9.61. The van der Waals surface area contributed by atoms with Crippen LogP contribution in [-0.4, -0.2) is 37.7 Å². The number of Topliss-reactive ketones (excluding diaryl/α,β-unsaturated/α-hetero) is 2. The highest BCUT2D eigenvalue weighted by Gasteiger charge is 1.87. The zero-order valence-electron chi connectivity index (χ0n) is 13.9. The fraction of sp³-hybridized carbons (Fsp3) is 0.714. The maximum Gasteiger partial charge on any atom is 0.305 e. The molecule has 0 rings (SSSR count). The van der Waals surface area contributed by atoms with Crippen LogP contribution in [0, 0.1) is 0 Å². The molecule has 0 fully saturated rings. The molecule has 0 aromatic heterocycles. The van der Waals surface area contributed by atoms with Crippen molar-refractivity contribution < 1.29 is 28.7 Å². The summed E-state index contributed by atoms with van der Waals surface area (Å²) in [7, 11) is 2.73. The van der Waals surface area contributed by atoms with Crippen molar-refractivity contribution in [2.24, 2.45) is 0 Å². The minimum atomic E-state index is -0.245. The van der Waals surface area contributed by atoms with Gasteiger partial charge in [0, 0.05) is 19.8 Å². The zero-order valence-corrected chi connectivity index (χ0v) is 13.9. The lowest BCUT2D eigenvalue weighted by Gasteiger charge is -1.87. The largest absolute Gasteiger partial charge is 0.469 e. The summed E-state index contributed by atoms with van der Waals surface area (Å²) >= 11 is 0. The molecule has 0 aliphatic carbocycles. The van der Waals surface area contributed by atoms with E-state index in [-0.39, 0.29) is 23.5 Å². The normalized spacial score (nSPS) is 7.20. The average molecular weight is 292 g/mol. The zero-order chi connectivity index (χ0) is 17.1. The maximum atomic E-state index is 9.96. The predicted octanol–water partition coefficient (Wildman–Crippen LogP) is 2.33. The van der Waals surface area contributed by atoms with Gasteiger partial charge in [-0.3, -0.25) is 9.59 Å². The molecule has 0 N–H and O–H groups in total. The molecule has 120 valence electrons. The average Bonchev–Trinajstić information content (AvgIpc) is 2.38. The monoisotopic (exact) mass is 292 g/mol. The highest BCUT2D eigenvalue weighted by molar-refractivity contribution is 5.74. The highest BCUT2D eigenvalue weighted by atomic mass is 16.5. The van der Waals surface area contributed by atoms with Crippen molar-refractivity contribution in [2.75, 3.05) is 14.2 Å². The lowest BCUT2D eigenvalue weighted by Crippen LogP contribution is -1.94. The van der Waals surface area contributed by atoms with Crippen molar-refractivity contribution in [3.63, 3.8) is 0 Å². The summed E-state index contributed by atoms with van der Waals surface area (Å²) in [4.78, 5) is 38.8. The second kappa shape index (κ2) is 22.5. The van der Waals surface area contributed by atoms with Crippen LogP contribution in [0.1, 0.15) is 54.4 Å². The van der Waals surface area contributed by atoms with Gasteiger partial charge < -0.3 is 19.1 Å². The molecule has 0 atom stereocenters. The summed E-state index contributed by atoms with van der Waals surface area (Å²) in [6, 6.07) is 0. The number of hydrogen-bond acceptors (Lipinski definition) is 6. The molecule has 0 radical (unpaired) electrons. The SMILES string of the molecule is CC(C)=O.CCC(=O)OC.CCC(C)=O.COC(C)=O. The van der Waals surface area contributed by atoms with Crippen molar-refractivity contribution in [3.8, 4) is 0 Å². The smallest absolute Gasteiger partial charge is 0.305 e. The highest BCUT2D eigenvalue weighted by Crippen LogP contribution is 1.76. The topological polar surface area (TPSA) is 86.7 Å². The van der Waals surface area contributed by atoms with Crippen molar-refractivity contribution in [1.82, 2.24) is 0 Å². The molecule has 0 aliphatic rings. The van der Waals surface area contributed by atoms with Crippen molar-refractivity contribution in [2.45, 2.75) is 54.4 Å². The quantitative estimate of drug-likeness (QED) is 0.726. The van der Waals surface area contributed by atoms with Gasteiger partial charge in [-0.1, -0.05) is 13.8 Å². The molecule has 0 amide bonds. The Bertz CT molecular complexity index is 247. The van der Waals surface area contributed by atoms with Gasteiger partial charge in [-0.25, -0.2) is 0 Å². The Morgan fingerprint density at radius 3 is 1.00 bits per heavy atom. The van der Waals surface area contributed by atoms with Gasteiger partial charge >= 0.3 is 11.9 Å². The van der Waals surface area contributed by atoms with Gasteiger partial charge in [0.15, 0.2) is 0 Å². The van der Waals surface area contributed by atoms with Crippen molar-refractivity contribution >= 4 is 23.5 Å². The van der Waals surface area contributed by atoms with E-state index in [9.17, 15) is 19.2 Å². The first kappa shape index (κ1) is 26.8. The second-order valence-corrected chi connectivity index (χ2v) is 3.59. The standard InChI is InChI=1S/C4H8O2.C4H8O.C3H6O2.C3H6O/c1-3-4(5)6-2;1-3-4(2)5;1-3(4)5-2;1-3(2)4/h3H2,1-2H3;3H2,1-2H3;1-2H3;1-2H3. The molecule has 0 bridgehead atoms. The Morgan fingerprint density at radius 1 is 0.750 bits per heavy atom. The summed E-state index contributed by atoms with van der Waals surface area (Å²) in [5.74, 6) is 0.0185. The third-order valence-corrected chi connectivity index (χ3v) is 1.30. The van der Waals surface area contributed by atoms with Crippen molar-refractivity contribution in [3.05, 3.63) is 0 Å². The molecule has 0 saturated carbocycles. The fourth-order valence-electron chi connectivity index (χ4n) is 0.144. The first-order chi connectivity index (χ1) is 9.08. The number of carbonyl (C=O) groups is 4. The summed E-state index contributed by atoms with van der Waals surface area (Å²) in [5.41, 5.74) is 0. The summed E-state index contributed by atoms with van der Waals surface area (Å²) in [5, 5.41) is 0. The summed E-state index contributed by atoms with van der Waals surface area (Å²) < 4.78 is 8.37. The fourth-order valence-corrected chi connectivity index (χ4v) is 0.144. The van der Waals surface area contributed by atoms with Crippen LogP contribution in [0.5, 0.6) is 0 Å². The van der Waals surface area contributed by atoms with Crippen LogP contribution in [0.15, 0.2) is 0 Å². The molecule has 0 aromatic carbocycles. The molecular formula is C14H28O6. The van der Waals surface area contributed by atoms with E-state index in [1.807, 2.05) is 6.92 Å². The molecule has 0 spiro atoms. The number of rotatable bonds is 2. The van der Waals surface area contributed by atoms with E-state index in [4.69, 9.17) is 0 Å². The van der Waals surface area contributed by atoms with E-state index in [1.165, 1.54) is 35.0 Å². The van der Waals surface area contributed by atoms with Crippen LogP contribution >= 0.6 is 0 Å². The third-order valence-electron chi connectivity index (χ3n) is 1.30. The first-order valence-electron chi connectivity index (χ1n) is 6.16. The van der Waals surface area contributed by atoms with Gasteiger partial charge in [-0.05, 0) is 20.8 Å². The molecule has 20 heavy (non-hydrogen) atoms.